The lowest BCUT2D eigenvalue weighted by molar-refractivity contribution is 0.102. The number of ketones is 1. The van der Waals surface area contributed by atoms with Gasteiger partial charge in [0.15, 0.2) is 10.9 Å². The number of thioether (sulfide) groups is 1. The summed E-state index contributed by atoms with van der Waals surface area (Å²) in [4.78, 5) is 32.1. The molecule has 3 heterocycles. The van der Waals surface area contributed by atoms with E-state index in [1.807, 2.05) is 43.3 Å². The fourth-order valence-corrected chi connectivity index (χ4v) is 4.88. The summed E-state index contributed by atoms with van der Waals surface area (Å²) < 4.78 is 7.01. The molecule has 0 fully saturated rings. The molecule has 1 aromatic carbocycles. The molecule has 0 N–H and O–H groups in total. The van der Waals surface area contributed by atoms with Gasteiger partial charge in [-0.1, -0.05) is 43.0 Å². The van der Waals surface area contributed by atoms with Crippen LogP contribution < -0.4 is 5.56 Å². The van der Waals surface area contributed by atoms with Gasteiger partial charge in [-0.3, -0.25) is 14.2 Å². The molecule has 0 aliphatic carbocycles. The predicted molar refractivity (Wildman–Crippen MR) is 117 cm³/mol. The van der Waals surface area contributed by atoms with Gasteiger partial charge in [0.05, 0.1) is 23.9 Å². The molecule has 0 saturated carbocycles. The van der Waals surface area contributed by atoms with Gasteiger partial charge in [-0.05, 0) is 37.1 Å². The van der Waals surface area contributed by atoms with Crippen molar-refractivity contribution in [2.45, 2.75) is 32.0 Å². The van der Waals surface area contributed by atoms with Crippen LogP contribution in [0.5, 0.6) is 0 Å². The minimum Gasteiger partial charge on any atom is -0.467 e. The fourth-order valence-electron chi connectivity index (χ4n) is 3.07. The Morgan fingerprint density at radius 2 is 2.03 bits per heavy atom. The van der Waals surface area contributed by atoms with Crippen LogP contribution in [0.15, 0.2) is 63.1 Å². The number of benzene rings is 1. The molecule has 4 aromatic rings. The second-order valence-electron chi connectivity index (χ2n) is 6.70. The molecule has 148 valence electrons. The normalized spacial score (nSPS) is 11.2. The lowest BCUT2D eigenvalue weighted by atomic mass is 10.1. The molecule has 0 saturated heterocycles. The van der Waals surface area contributed by atoms with Crippen LogP contribution in [-0.2, 0) is 13.0 Å². The number of hydrogen-bond acceptors (Lipinski definition) is 6. The zero-order valence-corrected chi connectivity index (χ0v) is 17.8. The van der Waals surface area contributed by atoms with E-state index in [1.165, 1.54) is 28.7 Å². The van der Waals surface area contributed by atoms with Crippen LogP contribution in [0.4, 0.5) is 0 Å². The second-order valence-corrected chi connectivity index (χ2v) is 8.88. The molecule has 0 atom stereocenters. The van der Waals surface area contributed by atoms with Gasteiger partial charge in [-0.15, -0.1) is 11.3 Å². The van der Waals surface area contributed by atoms with Crippen molar-refractivity contribution < 1.29 is 9.21 Å². The Kier molecular flexibility index (Phi) is 5.69. The number of hydrogen-bond donors (Lipinski definition) is 0. The third-order valence-electron chi connectivity index (χ3n) is 4.65. The van der Waals surface area contributed by atoms with Gasteiger partial charge in [0.25, 0.3) is 5.56 Å². The molecule has 0 aliphatic heterocycles. The third-order valence-corrected chi connectivity index (χ3v) is 6.57. The number of nitrogens with zero attached hydrogens (tertiary/aromatic N) is 2. The van der Waals surface area contributed by atoms with E-state index in [2.05, 4.69) is 11.9 Å². The Morgan fingerprint density at radius 3 is 2.72 bits per heavy atom. The molecule has 0 aliphatic rings. The number of aryl methyl sites for hydroxylation is 2. The predicted octanol–water partition coefficient (Wildman–Crippen LogP) is 4.95. The van der Waals surface area contributed by atoms with Gasteiger partial charge in [0, 0.05) is 10.4 Å². The molecule has 0 radical (unpaired) electrons. The first-order valence-corrected chi connectivity index (χ1v) is 11.1. The van der Waals surface area contributed by atoms with Crippen LogP contribution >= 0.6 is 23.1 Å². The largest absolute Gasteiger partial charge is 0.467 e. The molecule has 0 amide bonds. The van der Waals surface area contributed by atoms with Crippen LogP contribution in [0.3, 0.4) is 0 Å². The SMILES string of the molecule is CCc1ccc(C(=O)CSc2nc3sc(C)cc3c(=O)n2Cc2ccco2)cc1. The van der Waals surface area contributed by atoms with E-state index in [-0.39, 0.29) is 23.6 Å². The van der Waals surface area contributed by atoms with Crippen LogP contribution in [0.1, 0.15) is 33.5 Å². The standard InChI is InChI=1S/C22H20N2O3S2/c1-3-15-6-8-16(9-7-15)19(25)13-28-22-23-20-18(11-14(2)29-20)21(26)24(22)12-17-5-4-10-27-17/h4-11H,3,12-13H2,1-2H3. The highest BCUT2D eigenvalue weighted by atomic mass is 32.2. The quantitative estimate of drug-likeness (QED) is 0.239. The molecular formula is C22H20N2O3S2. The van der Waals surface area contributed by atoms with E-state index >= 15 is 0 Å². The summed E-state index contributed by atoms with van der Waals surface area (Å²) in [6.07, 6.45) is 2.52. The summed E-state index contributed by atoms with van der Waals surface area (Å²) in [5.41, 5.74) is 1.75. The first-order valence-electron chi connectivity index (χ1n) is 9.33. The molecule has 29 heavy (non-hydrogen) atoms. The van der Waals surface area contributed by atoms with Crippen molar-refractivity contribution in [3.8, 4) is 0 Å². The average Bonchev–Trinajstić information content (AvgIpc) is 3.37. The maximum Gasteiger partial charge on any atom is 0.263 e. The minimum absolute atomic E-state index is 0.0129. The van der Waals surface area contributed by atoms with Gasteiger partial charge in [-0.2, -0.15) is 0 Å². The van der Waals surface area contributed by atoms with Gasteiger partial charge in [0.2, 0.25) is 0 Å². The lowest BCUT2D eigenvalue weighted by Gasteiger charge is -2.10. The van der Waals surface area contributed by atoms with E-state index < -0.39 is 0 Å². The zero-order valence-electron chi connectivity index (χ0n) is 16.2. The van der Waals surface area contributed by atoms with Gasteiger partial charge < -0.3 is 4.42 Å². The Hall–Kier alpha value is -2.64. The summed E-state index contributed by atoms with van der Waals surface area (Å²) in [7, 11) is 0. The Balaban J connectivity index is 1.64. The maximum atomic E-state index is 13.1. The van der Waals surface area contributed by atoms with Crippen molar-refractivity contribution in [2.24, 2.45) is 0 Å². The van der Waals surface area contributed by atoms with E-state index in [0.717, 1.165) is 11.3 Å². The van der Waals surface area contributed by atoms with Gasteiger partial charge in [-0.25, -0.2) is 4.98 Å². The van der Waals surface area contributed by atoms with Crippen LogP contribution in [0.25, 0.3) is 10.2 Å². The summed E-state index contributed by atoms with van der Waals surface area (Å²) in [6, 6.07) is 13.1. The van der Waals surface area contributed by atoms with E-state index in [1.54, 1.807) is 16.9 Å². The number of Topliss-reactive ketones (excluding diaryl/α,β-unsaturated/α-hetero) is 1. The van der Waals surface area contributed by atoms with Crippen LogP contribution in [-0.4, -0.2) is 21.1 Å². The summed E-state index contributed by atoms with van der Waals surface area (Å²) in [5.74, 6) is 0.897. The van der Waals surface area contributed by atoms with E-state index in [9.17, 15) is 9.59 Å². The number of thiophene rings is 1. The first-order chi connectivity index (χ1) is 14.0. The van der Waals surface area contributed by atoms with Crippen molar-refractivity contribution in [3.63, 3.8) is 0 Å². The summed E-state index contributed by atoms with van der Waals surface area (Å²) in [5, 5.41) is 1.13. The smallest absolute Gasteiger partial charge is 0.263 e. The van der Waals surface area contributed by atoms with Crippen molar-refractivity contribution in [1.82, 2.24) is 9.55 Å². The number of aromatic nitrogens is 2. The van der Waals surface area contributed by atoms with E-state index in [4.69, 9.17) is 4.42 Å². The molecule has 4 rings (SSSR count). The van der Waals surface area contributed by atoms with E-state index in [0.29, 0.717) is 26.7 Å². The highest BCUT2D eigenvalue weighted by molar-refractivity contribution is 7.99. The summed E-state index contributed by atoms with van der Waals surface area (Å²) >= 11 is 2.77. The number of carbonyl (C=O) groups is 1. The average molecular weight is 425 g/mol. The van der Waals surface area contributed by atoms with Crippen molar-refractivity contribution in [2.75, 3.05) is 5.75 Å². The second kappa shape index (κ2) is 8.39. The Morgan fingerprint density at radius 1 is 1.24 bits per heavy atom. The number of rotatable bonds is 7. The number of fused-ring (bicyclic) bond motifs is 1. The fraction of sp³-hybridized carbons (Fsp3) is 0.227. The van der Waals surface area contributed by atoms with Gasteiger partial charge >= 0.3 is 0 Å². The maximum absolute atomic E-state index is 13.1. The van der Waals surface area contributed by atoms with Crippen molar-refractivity contribution in [3.05, 3.63) is 80.8 Å². The van der Waals surface area contributed by atoms with Gasteiger partial charge in [0.1, 0.15) is 10.6 Å². The third kappa shape index (κ3) is 4.21. The topological polar surface area (TPSA) is 65.1 Å². The minimum atomic E-state index is -0.113. The van der Waals surface area contributed by atoms with Crippen LogP contribution in [0.2, 0.25) is 0 Å². The number of carbonyl (C=O) groups excluding carboxylic acids is 1. The first kappa shape index (κ1) is 19.7. The molecule has 0 spiro atoms. The lowest BCUT2D eigenvalue weighted by Crippen LogP contribution is -2.23. The molecular weight excluding hydrogens is 404 g/mol. The highest BCUT2D eigenvalue weighted by Gasteiger charge is 2.17. The number of furan rings is 1. The van der Waals surface area contributed by atoms with Crippen molar-refractivity contribution >= 4 is 39.1 Å². The Bertz CT molecular complexity index is 1210. The summed E-state index contributed by atoms with van der Waals surface area (Å²) in [6.45, 7) is 4.32. The molecule has 0 bridgehead atoms. The highest BCUT2D eigenvalue weighted by Crippen LogP contribution is 2.25. The van der Waals surface area contributed by atoms with Crippen LogP contribution in [0, 0.1) is 6.92 Å². The molecule has 0 unspecified atom stereocenters. The molecule has 3 aromatic heterocycles. The monoisotopic (exact) mass is 424 g/mol. The molecule has 7 heteroatoms. The molecule has 5 nitrogen and oxygen atoms in total. The zero-order chi connectivity index (χ0) is 20.4. The Labute approximate surface area is 176 Å². The van der Waals surface area contributed by atoms with Crippen molar-refractivity contribution in [1.29, 1.82) is 0 Å².